The van der Waals surface area contributed by atoms with Gasteiger partial charge < -0.3 is 10.8 Å². The minimum absolute atomic E-state index is 0.624. The first-order valence-corrected chi connectivity index (χ1v) is 4.52. The summed E-state index contributed by atoms with van der Waals surface area (Å²) in [7, 11) is 0. The van der Waals surface area contributed by atoms with Crippen molar-refractivity contribution in [1.82, 2.24) is 0 Å². The van der Waals surface area contributed by atoms with E-state index in [9.17, 15) is 9.90 Å². The van der Waals surface area contributed by atoms with Crippen molar-refractivity contribution in [1.29, 1.82) is 0 Å². The molecule has 0 fully saturated rings. The van der Waals surface area contributed by atoms with E-state index in [2.05, 4.69) is 0 Å². The molecule has 66 valence electrons. The summed E-state index contributed by atoms with van der Waals surface area (Å²) < 4.78 is 0. The van der Waals surface area contributed by atoms with Gasteiger partial charge in [0.1, 0.15) is 0 Å². The van der Waals surface area contributed by atoms with E-state index in [0.29, 0.717) is 4.88 Å². The van der Waals surface area contributed by atoms with Gasteiger partial charge in [-0.2, -0.15) is 0 Å². The van der Waals surface area contributed by atoms with Gasteiger partial charge in [-0.3, -0.25) is 4.79 Å². The third-order valence-corrected chi connectivity index (χ3v) is 2.85. The molecule has 0 saturated heterocycles. The second-order valence-corrected chi connectivity index (χ2v) is 3.66. The summed E-state index contributed by atoms with van der Waals surface area (Å²) in [6, 6.07) is 3.63. The zero-order valence-corrected chi connectivity index (χ0v) is 7.60. The molecule has 0 bridgehead atoms. The number of aliphatic hydroxyl groups is 1. The van der Waals surface area contributed by atoms with Crippen LogP contribution in [0.25, 0.3) is 0 Å². The molecule has 1 rings (SSSR count). The number of nitrogens with two attached hydrogens (primary N) is 1. The van der Waals surface area contributed by atoms with Gasteiger partial charge in [0.2, 0.25) is 0 Å². The highest BCUT2D eigenvalue weighted by molar-refractivity contribution is 7.12. The van der Waals surface area contributed by atoms with Gasteiger partial charge in [-0.15, -0.1) is 11.3 Å². The molecular weight excluding hydrogens is 174 g/mol. The third-order valence-electron chi connectivity index (χ3n) is 1.57. The zero-order valence-electron chi connectivity index (χ0n) is 6.78. The van der Waals surface area contributed by atoms with Gasteiger partial charge in [-0.05, 0) is 18.6 Å². The van der Waals surface area contributed by atoms with Crippen LogP contribution in [0.4, 0.5) is 0 Å². The Kier molecular flexibility index (Phi) is 2.83. The maximum absolute atomic E-state index is 10.6. The summed E-state index contributed by atoms with van der Waals surface area (Å²) in [6.07, 6.45) is -0.230. The molecule has 3 nitrogen and oxygen atoms in total. The predicted molar refractivity (Wildman–Crippen MR) is 47.9 cm³/mol. The summed E-state index contributed by atoms with van der Waals surface area (Å²) in [4.78, 5) is 12.3. The molecule has 0 aliphatic rings. The number of aryl methyl sites for hydroxylation is 1. The van der Waals surface area contributed by atoms with Crippen molar-refractivity contribution in [2.45, 2.75) is 19.4 Å². The molecule has 1 amide bonds. The van der Waals surface area contributed by atoms with Crippen LogP contribution in [-0.2, 0) is 11.2 Å². The van der Waals surface area contributed by atoms with Gasteiger partial charge in [0, 0.05) is 9.75 Å². The van der Waals surface area contributed by atoms with Gasteiger partial charge in [0.25, 0.3) is 5.91 Å². The van der Waals surface area contributed by atoms with Crippen LogP contribution in [0, 0.1) is 0 Å². The average molecular weight is 185 g/mol. The topological polar surface area (TPSA) is 63.3 Å². The Balaban J connectivity index is 2.81. The van der Waals surface area contributed by atoms with E-state index in [4.69, 9.17) is 5.73 Å². The van der Waals surface area contributed by atoms with Crippen LogP contribution < -0.4 is 5.73 Å². The van der Waals surface area contributed by atoms with Crippen molar-refractivity contribution in [3.63, 3.8) is 0 Å². The van der Waals surface area contributed by atoms with Crippen molar-refractivity contribution in [2.24, 2.45) is 5.73 Å². The molecule has 0 radical (unpaired) electrons. The molecule has 0 aliphatic heterocycles. The number of rotatable bonds is 3. The maximum Gasteiger partial charge on any atom is 0.251 e. The Hall–Kier alpha value is -0.870. The molecule has 4 heteroatoms. The van der Waals surface area contributed by atoms with Crippen LogP contribution in [0.2, 0.25) is 0 Å². The Morgan fingerprint density at radius 1 is 1.75 bits per heavy atom. The van der Waals surface area contributed by atoms with E-state index in [1.54, 1.807) is 6.07 Å². The smallest absolute Gasteiger partial charge is 0.251 e. The van der Waals surface area contributed by atoms with Crippen LogP contribution in [0.3, 0.4) is 0 Å². The van der Waals surface area contributed by atoms with Gasteiger partial charge in [0.05, 0.1) is 0 Å². The number of aliphatic hydroxyl groups excluding tert-OH is 1. The van der Waals surface area contributed by atoms with Gasteiger partial charge >= 0.3 is 0 Å². The SMILES string of the molecule is CCc1ccc(C(O)C(N)=O)s1. The van der Waals surface area contributed by atoms with E-state index in [1.807, 2.05) is 13.0 Å². The van der Waals surface area contributed by atoms with E-state index in [1.165, 1.54) is 11.3 Å². The summed E-state index contributed by atoms with van der Waals surface area (Å²) in [5.41, 5.74) is 4.94. The van der Waals surface area contributed by atoms with E-state index in [-0.39, 0.29) is 0 Å². The number of primary amides is 1. The molecule has 1 aromatic rings. The minimum Gasteiger partial charge on any atom is -0.378 e. The summed E-state index contributed by atoms with van der Waals surface area (Å²) >= 11 is 1.42. The lowest BCUT2D eigenvalue weighted by Gasteiger charge is -2.00. The number of thiophene rings is 1. The second-order valence-electron chi connectivity index (χ2n) is 2.46. The van der Waals surface area contributed by atoms with Gasteiger partial charge in [-0.1, -0.05) is 6.92 Å². The highest BCUT2D eigenvalue weighted by Crippen LogP contribution is 2.23. The quantitative estimate of drug-likeness (QED) is 0.732. The monoisotopic (exact) mass is 185 g/mol. The average Bonchev–Trinajstić information content (AvgIpc) is 2.50. The molecule has 0 aromatic carbocycles. The van der Waals surface area contributed by atoms with E-state index in [0.717, 1.165) is 11.3 Å². The van der Waals surface area contributed by atoms with Crippen molar-refractivity contribution in [3.8, 4) is 0 Å². The maximum atomic E-state index is 10.6. The molecule has 12 heavy (non-hydrogen) atoms. The Bertz CT molecular complexity index is 282. The number of hydrogen-bond acceptors (Lipinski definition) is 3. The molecule has 1 unspecified atom stereocenters. The Morgan fingerprint density at radius 2 is 2.42 bits per heavy atom. The highest BCUT2D eigenvalue weighted by Gasteiger charge is 2.15. The minimum atomic E-state index is -1.14. The fraction of sp³-hybridized carbons (Fsp3) is 0.375. The third kappa shape index (κ3) is 1.84. The predicted octanol–water partition coefficient (Wildman–Crippen LogP) is 0.829. The first kappa shape index (κ1) is 9.22. The number of carbonyl (C=O) groups excluding carboxylic acids is 1. The molecule has 3 N–H and O–H groups in total. The van der Waals surface area contributed by atoms with Crippen molar-refractivity contribution in [3.05, 3.63) is 21.9 Å². The number of amides is 1. The van der Waals surface area contributed by atoms with E-state index >= 15 is 0 Å². The standard InChI is InChI=1S/C8H11NO2S/c1-2-5-3-4-6(12-5)7(10)8(9)11/h3-4,7,10H,2H2,1H3,(H2,9,11). The Morgan fingerprint density at radius 3 is 2.83 bits per heavy atom. The molecule has 1 aromatic heterocycles. The van der Waals surface area contributed by atoms with Crippen molar-refractivity contribution in [2.75, 3.05) is 0 Å². The van der Waals surface area contributed by atoms with Crippen molar-refractivity contribution < 1.29 is 9.90 Å². The first-order chi connectivity index (χ1) is 5.65. The molecule has 1 heterocycles. The van der Waals surface area contributed by atoms with Crippen LogP contribution in [0.15, 0.2) is 12.1 Å². The number of carbonyl (C=O) groups is 1. The van der Waals surface area contributed by atoms with Crippen LogP contribution in [-0.4, -0.2) is 11.0 Å². The molecule has 1 atom stereocenters. The Labute approximate surface area is 74.8 Å². The summed E-state index contributed by atoms with van der Waals surface area (Å²) in [5.74, 6) is -0.695. The van der Waals surface area contributed by atoms with E-state index < -0.39 is 12.0 Å². The fourth-order valence-corrected chi connectivity index (χ4v) is 1.82. The fourth-order valence-electron chi connectivity index (χ4n) is 0.872. The second kappa shape index (κ2) is 3.69. The van der Waals surface area contributed by atoms with Crippen LogP contribution in [0.5, 0.6) is 0 Å². The largest absolute Gasteiger partial charge is 0.378 e. The summed E-state index contributed by atoms with van der Waals surface area (Å²) in [6.45, 7) is 2.02. The molecule has 0 saturated carbocycles. The normalized spacial score (nSPS) is 12.8. The first-order valence-electron chi connectivity index (χ1n) is 3.71. The lowest BCUT2D eigenvalue weighted by molar-refractivity contribution is -0.126. The number of hydrogen-bond donors (Lipinski definition) is 2. The lowest BCUT2D eigenvalue weighted by Crippen LogP contribution is -2.19. The molecule has 0 aliphatic carbocycles. The van der Waals surface area contributed by atoms with Gasteiger partial charge in [-0.25, -0.2) is 0 Å². The summed E-state index contributed by atoms with van der Waals surface area (Å²) in [5, 5.41) is 9.24. The van der Waals surface area contributed by atoms with Crippen LogP contribution in [0.1, 0.15) is 22.8 Å². The lowest BCUT2D eigenvalue weighted by atomic mass is 10.3. The van der Waals surface area contributed by atoms with Crippen molar-refractivity contribution >= 4 is 17.2 Å². The van der Waals surface area contributed by atoms with Crippen LogP contribution >= 0.6 is 11.3 Å². The molecular formula is C8H11NO2S. The molecule has 0 spiro atoms. The van der Waals surface area contributed by atoms with Gasteiger partial charge in [0.15, 0.2) is 6.10 Å². The highest BCUT2D eigenvalue weighted by atomic mass is 32.1. The zero-order chi connectivity index (χ0) is 9.14.